The lowest BCUT2D eigenvalue weighted by Crippen LogP contribution is -2.49. The van der Waals surface area contributed by atoms with Gasteiger partial charge in [0.05, 0.1) is 0 Å². The van der Waals surface area contributed by atoms with Crippen LogP contribution in [0.15, 0.2) is 60.3 Å². The van der Waals surface area contributed by atoms with Gasteiger partial charge in [-0.05, 0) is 36.8 Å². The molecule has 0 radical (unpaired) electrons. The lowest BCUT2D eigenvalue weighted by molar-refractivity contribution is -0.127. The Morgan fingerprint density at radius 2 is 1.89 bits per heavy atom. The number of hydrogen-bond donors (Lipinski definition) is 1. The molecule has 0 aliphatic carbocycles. The second kappa shape index (κ2) is 9.05. The summed E-state index contributed by atoms with van der Waals surface area (Å²) in [5, 5.41) is 12.4. The summed E-state index contributed by atoms with van der Waals surface area (Å²) in [4.78, 5) is 16.4. The monoisotopic (exact) mass is 378 g/mol. The molecule has 0 saturated carbocycles. The van der Waals surface area contributed by atoms with Crippen LogP contribution in [0.2, 0.25) is 0 Å². The molecule has 1 heterocycles. The fourth-order valence-corrected chi connectivity index (χ4v) is 3.22. The summed E-state index contributed by atoms with van der Waals surface area (Å²) in [6.07, 6.45) is 1.50. The molecule has 1 fully saturated rings. The van der Waals surface area contributed by atoms with Gasteiger partial charge in [0.2, 0.25) is 0 Å². The smallest absolute Gasteiger partial charge is 0.266 e. The fourth-order valence-electron chi connectivity index (χ4n) is 3.22. The number of nitriles is 1. The zero-order chi connectivity index (χ0) is 19.9. The van der Waals surface area contributed by atoms with Gasteiger partial charge in [-0.25, -0.2) is 4.39 Å². The lowest BCUT2D eigenvalue weighted by Gasteiger charge is -2.36. The summed E-state index contributed by atoms with van der Waals surface area (Å²) in [6.45, 7) is 4.91. The summed E-state index contributed by atoms with van der Waals surface area (Å²) in [5.74, 6) is -0.530. The van der Waals surface area contributed by atoms with Crippen LogP contribution in [0.1, 0.15) is 11.1 Å². The number of benzene rings is 2. The van der Waals surface area contributed by atoms with Crippen LogP contribution in [-0.2, 0) is 11.3 Å². The van der Waals surface area contributed by atoms with Gasteiger partial charge in [0, 0.05) is 44.6 Å². The first-order valence-electron chi connectivity index (χ1n) is 9.26. The van der Waals surface area contributed by atoms with Crippen molar-refractivity contribution in [1.29, 1.82) is 5.26 Å². The fraction of sp³-hybridized carbons (Fsp3) is 0.273. The molecule has 0 unspecified atom stereocenters. The van der Waals surface area contributed by atoms with Gasteiger partial charge in [-0.15, -0.1) is 0 Å². The molecule has 0 bridgehead atoms. The topological polar surface area (TPSA) is 59.4 Å². The predicted octanol–water partition coefficient (Wildman–Crippen LogP) is 2.98. The number of nitrogens with zero attached hydrogens (tertiary/aromatic N) is 3. The van der Waals surface area contributed by atoms with E-state index in [1.807, 2.05) is 31.2 Å². The second-order valence-electron chi connectivity index (χ2n) is 6.80. The lowest BCUT2D eigenvalue weighted by atomic mass is 10.1. The van der Waals surface area contributed by atoms with Gasteiger partial charge in [0.25, 0.3) is 5.91 Å². The van der Waals surface area contributed by atoms with Crippen molar-refractivity contribution in [2.75, 3.05) is 31.1 Å². The normalized spacial score (nSPS) is 14.5. The summed E-state index contributed by atoms with van der Waals surface area (Å²) < 4.78 is 13.1. The number of nitrogens with one attached hydrogen (secondary N) is 1. The van der Waals surface area contributed by atoms with Crippen LogP contribution < -0.4 is 10.2 Å². The van der Waals surface area contributed by atoms with Gasteiger partial charge in [0.15, 0.2) is 0 Å². The zero-order valence-electron chi connectivity index (χ0n) is 15.9. The van der Waals surface area contributed by atoms with E-state index in [1.165, 1.54) is 23.9 Å². The molecule has 1 aliphatic heterocycles. The van der Waals surface area contributed by atoms with Crippen LogP contribution in [-0.4, -0.2) is 37.0 Å². The third-order valence-corrected chi connectivity index (χ3v) is 4.74. The first kappa shape index (κ1) is 19.4. The molecule has 6 heteroatoms. The molecule has 28 heavy (non-hydrogen) atoms. The number of piperazine rings is 1. The van der Waals surface area contributed by atoms with E-state index < -0.39 is 0 Å². The maximum atomic E-state index is 13.1. The van der Waals surface area contributed by atoms with Crippen molar-refractivity contribution in [3.8, 4) is 6.07 Å². The molecular formula is C22H23FN4O. The molecule has 2 aromatic carbocycles. The molecule has 0 atom stereocenters. The minimum Gasteiger partial charge on any atom is -0.386 e. The van der Waals surface area contributed by atoms with E-state index >= 15 is 0 Å². The number of hydrogen-bond acceptors (Lipinski definition) is 4. The van der Waals surface area contributed by atoms with Gasteiger partial charge >= 0.3 is 0 Å². The summed E-state index contributed by atoms with van der Waals surface area (Å²) >= 11 is 0. The van der Waals surface area contributed by atoms with Crippen molar-refractivity contribution in [3.05, 3.63) is 77.2 Å². The Morgan fingerprint density at radius 3 is 2.54 bits per heavy atom. The van der Waals surface area contributed by atoms with E-state index in [0.29, 0.717) is 32.7 Å². The molecule has 1 N–H and O–H groups in total. The quantitative estimate of drug-likeness (QED) is 0.642. The molecular weight excluding hydrogens is 355 g/mol. The molecule has 0 spiro atoms. The van der Waals surface area contributed by atoms with Crippen LogP contribution in [0.25, 0.3) is 0 Å². The Kier molecular flexibility index (Phi) is 6.28. The van der Waals surface area contributed by atoms with Crippen LogP contribution in [0.4, 0.5) is 10.1 Å². The maximum absolute atomic E-state index is 13.1. The third kappa shape index (κ3) is 4.89. The van der Waals surface area contributed by atoms with E-state index in [9.17, 15) is 14.4 Å². The first-order valence-corrected chi connectivity index (χ1v) is 9.26. The number of halogens is 1. The highest BCUT2D eigenvalue weighted by atomic mass is 19.1. The minimum atomic E-state index is -0.266. The summed E-state index contributed by atoms with van der Waals surface area (Å²) in [5.41, 5.74) is 3.29. The van der Waals surface area contributed by atoms with Crippen molar-refractivity contribution in [2.24, 2.45) is 0 Å². The summed E-state index contributed by atoms with van der Waals surface area (Å²) in [6, 6.07) is 16.4. The molecule has 1 saturated heterocycles. The van der Waals surface area contributed by atoms with Crippen molar-refractivity contribution >= 4 is 11.6 Å². The molecule has 144 valence electrons. The average Bonchev–Trinajstić information content (AvgIpc) is 2.72. The standard InChI is InChI=1S/C22H23FN4O/c1-17-3-2-4-18(13-17)15-25-16-19(14-24)22(28)27-11-9-26(10-12-27)21-7-5-20(23)6-8-21/h2-8,13,16,25H,9-12,15H2,1H3/b19-16-. The highest BCUT2D eigenvalue weighted by Gasteiger charge is 2.23. The van der Waals surface area contributed by atoms with Crippen molar-refractivity contribution in [3.63, 3.8) is 0 Å². The van der Waals surface area contributed by atoms with Gasteiger partial charge in [-0.3, -0.25) is 4.79 Å². The van der Waals surface area contributed by atoms with E-state index in [0.717, 1.165) is 11.3 Å². The Morgan fingerprint density at radius 1 is 1.18 bits per heavy atom. The SMILES string of the molecule is Cc1cccc(CN/C=C(/C#N)C(=O)N2CCN(c3ccc(F)cc3)CC2)c1. The minimum absolute atomic E-state index is 0.0999. The molecule has 1 aliphatic rings. The Hall–Kier alpha value is -3.33. The molecule has 5 nitrogen and oxygen atoms in total. The number of carbonyl (C=O) groups is 1. The highest BCUT2D eigenvalue weighted by molar-refractivity contribution is 5.97. The molecule has 3 rings (SSSR count). The number of anilines is 1. The Balaban J connectivity index is 1.55. The predicted molar refractivity (Wildman–Crippen MR) is 107 cm³/mol. The molecule has 0 aromatic heterocycles. The van der Waals surface area contributed by atoms with E-state index in [1.54, 1.807) is 17.0 Å². The van der Waals surface area contributed by atoms with Gasteiger partial charge in [-0.1, -0.05) is 29.8 Å². The number of rotatable bonds is 5. The van der Waals surface area contributed by atoms with Crippen molar-refractivity contribution in [2.45, 2.75) is 13.5 Å². The van der Waals surface area contributed by atoms with Crippen molar-refractivity contribution in [1.82, 2.24) is 10.2 Å². The van der Waals surface area contributed by atoms with Gasteiger partial charge < -0.3 is 15.1 Å². The van der Waals surface area contributed by atoms with Crippen molar-refractivity contribution < 1.29 is 9.18 Å². The summed E-state index contributed by atoms with van der Waals surface area (Å²) in [7, 11) is 0. The number of amides is 1. The number of aryl methyl sites for hydroxylation is 1. The molecule has 1 amide bonds. The highest BCUT2D eigenvalue weighted by Crippen LogP contribution is 2.17. The van der Waals surface area contributed by atoms with Crippen LogP contribution >= 0.6 is 0 Å². The second-order valence-corrected chi connectivity index (χ2v) is 6.80. The average molecular weight is 378 g/mol. The largest absolute Gasteiger partial charge is 0.386 e. The third-order valence-electron chi connectivity index (χ3n) is 4.74. The van der Waals surface area contributed by atoms with E-state index in [-0.39, 0.29) is 17.3 Å². The maximum Gasteiger partial charge on any atom is 0.266 e. The van der Waals surface area contributed by atoms with E-state index in [4.69, 9.17) is 0 Å². The molecule has 2 aromatic rings. The van der Waals surface area contributed by atoms with Crippen LogP contribution in [0.3, 0.4) is 0 Å². The number of carbonyl (C=O) groups excluding carboxylic acids is 1. The van der Waals surface area contributed by atoms with Gasteiger partial charge in [0.1, 0.15) is 17.5 Å². The van der Waals surface area contributed by atoms with Crippen LogP contribution in [0.5, 0.6) is 0 Å². The van der Waals surface area contributed by atoms with Gasteiger partial charge in [-0.2, -0.15) is 5.26 Å². The Labute approximate surface area is 164 Å². The Bertz CT molecular complexity index is 893. The zero-order valence-corrected chi connectivity index (χ0v) is 15.9. The first-order chi connectivity index (χ1) is 13.6. The van der Waals surface area contributed by atoms with Crippen LogP contribution in [0, 0.1) is 24.1 Å². The van der Waals surface area contributed by atoms with E-state index in [2.05, 4.69) is 16.3 Å².